The van der Waals surface area contributed by atoms with Crippen LogP contribution in [0.3, 0.4) is 0 Å². The van der Waals surface area contributed by atoms with Crippen LogP contribution in [-0.2, 0) is 4.79 Å². The number of nitrogens with two attached hydrogens (primary N) is 1. The van der Waals surface area contributed by atoms with Gasteiger partial charge in [0, 0.05) is 18.7 Å². The van der Waals surface area contributed by atoms with Gasteiger partial charge in [0.15, 0.2) is 5.82 Å². The Morgan fingerprint density at radius 1 is 0.963 bits per heavy atom. The van der Waals surface area contributed by atoms with Gasteiger partial charge < -0.3 is 16.4 Å². The highest BCUT2D eigenvalue weighted by Gasteiger charge is 2.12. The first-order chi connectivity index (χ1) is 12.9. The normalized spacial score (nSPS) is 10.3. The second-order valence-corrected chi connectivity index (χ2v) is 5.59. The molecule has 0 fully saturated rings. The maximum atomic E-state index is 13.0. The number of carbonyl (C=O) groups excluding carboxylic acids is 2. The molecule has 2 amide bonds. The van der Waals surface area contributed by atoms with E-state index in [9.17, 15) is 14.0 Å². The van der Waals surface area contributed by atoms with Gasteiger partial charge >= 0.3 is 0 Å². The minimum atomic E-state index is -0.580. The summed E-state index contributed by atoms with van der Waals surface area (Å²) in [5, 5.41) is 5.12. The van der Waals surface area contributed by atoms with Crippen molar-refractivity contribution in [2.45, 2.75) is 6.92 Å². The first-order valence-electron chi connectivity index (χ1n) is 7.85. The molecule has 0 bridgehead atoms. The number of aromatic nitrogens is 3. The number of pyridine rings is 1. The molecule has 3 aromatic rings. The largest absolute Gasteiger partial charge is 0.397 e. The fourth-order valence-corrected chi connectivity index (χ4v) is 2.27. The van der Waals surface area contributed by atoms with Gasteiger partial charge in [0.05, 0.1) is 23.8 Å². The lowest BCUT2D eigenvalue weighted by atomic mass is 10.1. The Balaban J connectivity index is 1.80. The highest BCUT2D eigenvalue weighted by atomic mass is 19.1. The number of hydrogen-bond donors (Lipinski definition) is 3. The third-order valence-electron chi connectivity index (χ3n) is 3.55. The van der Waals surface area contributed by atoms with E-state index in [2.05, 4.69) is 25.6 Å². The van der Waals surface area contributed by atoms with Gasteiger partial charge in [-0.25, -0.2) is 15.0 Å². The Kier molecular flexibility index (Phi) is 5.02. The van der Waals surface area contributed by atoms with Crippen LogP contribution in [0.25, 0.3) is 11.1 Å². The second kappa shape index (κ2) is 7.56. The van der Waals surface area contributed by atoms with E-state index in [0.717, 1.165) is 0 Å². The van der Waals surface area contributed by atoms with Gasteiger partial charge in [-0.15, -0.1) is 0 Å². The molecule has 1 aromatic carbocycles. The van der Waals surface area contributed by atoms with Crippen LogP contribution in [0.1, 0.15) is 17.4 Å². The predicted octanol–water partition coefficient (Wildman–Crippen LogP) is 2.47. The molecule has 0 saturated heterocycles. The van der Waals surface area contributed by atoms with Crippen molar-refractivity contribution in [1.29, 1.82) is 0 Å². The summed E-state index contributed by atoms with van der Waals surface area (Å²) >= 11 is 0. The molecular weight excluding hydrogens is 351 g/mol. The van der Waals surface area contributed by atoms with Crippen molar-refractivity contribution in [3.05, 3.63) is 60.6 Å². The van der Waals surface area contributed by atoms with Crippen LogP contribution in [0.2, 0.25) is 0 Å². The molecule has 0 radical (unpaired) electrons. The number of carbonyl (C=O) groups is 2. The van der Waals surface area contributed by atoms with Crippen LogP contribution in [0.4, 0.5) is 21.6 Å². The van der Waals surface area contributed by atoms with E-state index < -0.39 is 11.9 Å². The molecular formula is C18H15FN6O2. The smallest absolute Gasteiger partial charge is 0.275 e. The highest BCUT2D eigenvalue weighted by molar-refractivity contribution is 6.04. The minimum absolute atomic E-state index is 0.0531. The van der Waals surface area contributed by atoms with Crippen molar-refractivity contribution in [3.63, 3.8) is 0 Å². The number of nitrogens with one attached hydrogen (secondary N) is 2. The lowest BCUT2D eigenvalue weighted by molar-refractivity contribution is -0.114. The summed E-state index contributed by atoms with van der Waals surface area (Å²) in [6.45, 7) is 1.34. The summed E-state index contributed by atoms with van der Waals surface area (Å²) in [4.78, 5) is 34.9. The SMILES string of the molecule is CC(=O)Nc1cnc(C(=O)Nc2cc(-c3ccc(F)nc3)ccc2N)cn1. The van der Waals surface area contributed by atoms with Crippen LogP contribution in [0, 0.1) is 5.95 Å². The van der Waals surface area contributed by atoms with Gasteiger partial charge in [-0.3, -0.25) is 9.59 Å². The molecule has 0 aliphatic carbocycles. The first-order valence-corrected chi connectivity index (χ1v) is 7.85. The van der Waals surface area contributed by atoms with E-state index in [0.29, 0.717) is 22.5 Å². The van der Waals surface area contributed by atoms with Crippen molar-refractivity contribution in [2.75, 3.05) is 16.4 Å². The Morgan fingerprint density at radius 3 is 2.37 bits per heavy atom. The molecule has 2 aromatic heterocycles. The third-order valence-corrected chi connectivity index (χ3v) is 3.55. The summed E-state index contributed by atoms with van der Waals surface area (Å²) in [6.07, 6.45) is 3.91. The zero-order chi connectivity index (χ0) is 19.4. The lowest BCUT2D eigenvalue weighted by Crippen LogP contribution is -2.16. The van der Waals surface area contributed by atoms with Crippen molar-refractivity contribution in [3.8, 4) is 11.1 Å². The second-order valence-electron chi connectivity index (χ2n) is 5.59. The summed E-state index contributed by atoms with van der Waals surface area (Å²) in [5.74, 6) is -1.15. The quantitative estimate of drug-likeness (QED) is 0.481. The standard InChI is InChI=1S/C18H15FN6O2/c1-10(26)24-17-9-21-15(8-23-17)18(27)25-14-6-11(2-4-13(14)20)12-3-5-16(19)22-7-12/h2-9H,20H2,1H3,(H,25,27)(H,23,24,26). The van der Waals surface area contributed by atoms with Crippen molar-refractivity contribution < 1.29 is 14.0 Å². The summed E-state index contributed by atoms with van der Waals surface area (Å²) in [5.41, 5.74) is 8.08. The van der Waals surface area contributed by atoms with Crippen LogP contribution in [0.15, 0.2) is 48.9 Å². The number of nitrogen functional groups attached to an aromatic ring is 1. The molecule has 0 spiro atoms. The third kappa shape index (κ3) is 4.40. The maximum Gasteiger partial charge on any atom is 0.275 e. The molecule has 0 atom stereocenters. The Bertz CT molecular complexity index is 990. The van der Waals surface area contributed by atoms with E-state index >= 15 is 0 Å². The van der Waals surface area contributed by atoms with Crippen LogP contribution in [-0.4, -0.2) is 26.8 Å². The van der Waals surface area contributed by atoms with Crippen LogP contribution < -0.4 is 16.4 Å². The van der Waals surface area contributed by atoms with E-state index in [1.54, 1.807) is 24.3 Å². The zero-order valence-corrected chi connectivity index (χ0v) is 14.2. The van der Waals surface area contributed by atoms with Gasteiger partial charge in [-0.2, -0.15) is 4.39 Å². The number of anilines is 3. The zero-order valence-electron chi connectivity index (χ0n) is 14.2. The minimum Gasteiger partial charge on any atom is -0.397 e. The molecule has 27 heavy (non-hydrogen) atoms. The maximum absolute atomic E-state index is 13.0. The molecule has 3 rings (SSSR count). The molecule has 136 valence electrons. The van der Waals surface area contributed by atoms with Gasteiger partial charge in [-0.05, 0) is 29.8 Å². The molecule has 4 N–H and O–H groups in total. The predicted molar refractivity (Wildman–Crippen MR) is 98.3 cm³/mol. The van der Waals surface area contributed by atoms with Crippen molar-refractivity contribution in [1.82, 2.24) is 15.0 Å². The molecule has 9 heteroatoms. The molecule has 8 nitrogen and oxygen atoms in total. The topological polar surface area (TPSA) is 123 Å². The average molecular weight is 366 g/mol. The van der Waals surface area contributed by atoms with Crippen molar-refractivity contribution >= 4 is 29.0 Å². The number of hydrogen-bond acceptors (Lipinski definition) is 6. The monoisotopic (exact) mass is 366 g/mol. The fourth-order valence-electron chi connectivity index (χ4n) is 2.27. The van der Waals surface area contributed by atoms with Gasteiger partial charge in [0.1, 0.15) is 5.69 Å². The van der Waals surface area contributed by atoms with Gasteiger partial charge in [0.25, 0.3) is 5.91 Å². The Morgan fingerprint density at radius 2 is 1.74 bits per heavy atom. The number of rotatable bonds is 4. The van der Waals surface area contributed by atoms with Crippen molar-refractivity contribution in [2.24, 2.45) is 0 Å². The van der Waals surface area contributed by atoms with Crippen LogP contribution >= 0.6 is 0 Å². The lowest BCUT2D eigenvalue weighted by Gasteiger charge is -2.10. The number of halogens is 1. The number of nitrogens with zero attached hydrogens (tertiary/aromatic N) is 3. The van der Waals surface area contributed by atoms with E-state index in [1.165, 1.54) is 31.6 Å². The molecule has 0 aliphatic rings. The molecule has 0 unspecified atom stereocenters. The number of amides is 2. The van der Waals surface area contributed by atoms with Gasteiger partial charge in [-0.1, -0.05) is 6.07 Å². The molecule has 2 heterocycles. The van der Waals surface area contributed by atoms with E-state index in [-0.39, 0.29) is 17.4 Å². The Hall–Kier alpha value is -3.88. The summed E-state index contributed by atoms with van der Waals surface area (Å²) < 4.78 is 13.0. The van der Waals surface area contributed by atoms with E-state index in [4.69, 9.17) is 5.73 Å². The number of benzene rings is 1. The average Bonchev–Trinajstić information content (AvgIpc) is 2.64. The van der Waals surface area contributed by atoms with E-state index in [1.807, 2.05) is 0 Å². The van der Waals surface area contributed by atoms with Gasteiger partial charge in [0.2, 0.25) is 11.9 Å². The Labute approximate surface area is 153 Å². The highest BCUT2D eigenvalue weighted by Crippen LogP contribution is 2.27. The molecule has 0 aliphatic heterocycles. The summed E-state index contributed by atoms with van der Waals surface area (Å²) in [7, 11) is 0. The summed E-state index contributed by atoms with van der Waals surface area (Å²) in [6, 6.07) is 7.84. The first kappa shape index (κ1) is 17.9. The fraction of sp³-hybridized carbons (Fsp3) is 0.0556. The molecule has 0 saturated carbocycles. The van der Waals surface area contributed by atoms with Crippen LogP contribution in [0.5, 0.6) is 0 Å².